The summed E-state index contributed by atoms with van der Waals surface area (Å²) in [6.45, 7) is 6.45. The maximum atomic E-state index is 12.1. The van der Waals surface area contributed by atoms with E-state index in [4.69, 9.17) is 11.6 Å². The summed E-state index contributed by atoms with van der Waals surface area (Å²) in [5, 5.41) is 15.5. The lowest BCUT2D eigenvalue weighted by atomic mass is 9.92. The molecule has 0 unspecified atom stereocenters. The summed E-state index contributed by atoms with van der Waals surface area (Å²) in [4.78, 5) is 14.3. The van der Waals surface area contributed by atoms with Crippen LogP contribution in [0.4, 0.5) is 20.7 Å². The van der Waals surface area contributed by atoms with Gasteiger partial charge in [-0.2, -0.15) is 0 Å². The fourth-order valence-corrected chi connectivity index (χ4v) is 3.97. The number of piperidine rings is 1. The van der Waals surface area contributed by atoms with E-state index in [0.717, 1.165) is 18.2 Å². The third-order valence-electron chi connectivity index (χ3n) is 3.90. The van der Waals surface area contributed by atoms with Crippen molar-refractivity contribution in [1.29, 1.82) is 0 Å². The van der Waals surface area contributed by atoms with Crippen LogP contribution in [0.5, 0.6) is 0 Å². The number of anilines is 3. The molecule has 1 aliphatic rings. The first-order chi connectivity index (χ1) is 11.5. The average molecular weight is 366 g/mol. The molecule has 0 aliphatic carbocycles. The number of halogens is 1. The molecule has 1 aromatic heterocycles. The van der Waals surface area contributed by atoms with Gasteiger partial charge in [0.15, 0.2) is 0 Å². The Morgan fingerprint density at radius 2 is 1.92 bits per heavy atom. The van der Waals surface area contributed by atoms with E-state index in [1.807, 2.05) is 12.1 Å². The normalized spacial score (nSPS) is 20.7. The van der Waals surface area contributed by atoms with Crippen molar-refractivity contribution in [2.75, 3.05) is 28.6 Å². The first kappa shape index (κ1) is 17.0. The Kier molecular flexibility index (Phi) is 5.20. The minimum atomic E-state index is -0.383. The molecule has 0 radical (unpaired) electrons. The summed E-state index contributed by atoms with van der Waals surface area (Å²) in [6.07, 6.45) is 1.24. The summed E-state index contributed by atoms with van der Waals surface area (Å²) in [5.74, 6) is 1.27. The zero-order valence-corrected chi connectivity index (χ0v) is 15.2. The van der Waals surface area contributed by atoms with Crippen LogP contribution >= 0.6 is 22.9 Å². The fraction of sp³-hybridized carbons (Fsp3) is 0.438. The third-order valence-corrected chi connectivity index (χ3v) is 5.13. The third kappa shape index (κ3) is 4.15. The summed E-state index contributed by atoms with van der Waals surface area (Å²) in [6, 6.07) is 6.70. The fourth-order valence-electron chi connectivity index (χ4n) is 3.03. The molecule has 1 saturated heterocycles. The predicted octanol–water partition coefficient (Wildman–Crippen LogP) is 4.32. The molecule has 2 heterocycles. The van der Waals surface area contributed by atoms with Crippen LogP contribution in [-0.2, 0) is 0 Å². The average Bonchev–Trinajstić information content (AvgIpc) is 2.97. The van der Waals surface area contributed by atoms with Crippen LogP contribution < -0.4 is 15.5 Å². The first-order valence-electron chi connectivity index (χ1n) is 7.92. The Labute approximate surface area is 150 Å². The van der Waals surface area contributed by atoms with Gasteiger partial charge in [0.2, 0.25) is 10.3 Å². The quantitative estimate of drug-likeness (QED) is 0.849. The highest BCUT2D eigenvalue weighted by Crippen LogP contribution is 2.30. The van der Waals surface area contributed by atoms with Gasteiger partial charge in [-0.25, -0.2) is 4.79 Å². The summed E-state index contributed by atoms with van der Waals surface area (Å²) < 4.78 is 0. The molecule has 24 heavy (non-hydrogen) atoms. The number of rotatable bonds is 3. The predicted molar refractivity (Wildman–Crippen MR) is 99.2 cm³/mol. The number of nitrogens with one attached hydrogen (secondary N) is 2. The molecule has 8 heteroatoms. The van der Waals surface area contributed by atoms with E-state index in [0.29, 0.717) is 27.7 Å². The Bertz CT molecular complexity index is 712. The lowest BCUT2D eigenvalue weighted by Crippen LogP contribution is -2.38. The number of benzene rings is 1. The van der Waals surface area contributed by atoms with Gasteiger partial charge in [0.1, 0.15) is 0 Å². The highest BCUT2D eigenvalue weighted by molar-refractivity contribution is 7.19. The molecule has 0 spiro atoms. The molecular weight excluding hydrogens is 346 g/mol. The highest BCUT2D eigenvalue weighted by atomic mass is 35.5. The van der Waals surface area contributed by atoms with Crippen molar-refractivity contribution in [2.24, 2.45) is 11.8 Å². The van der Waals surface area contributed by atoms with Crippen LogP contribution in [0.15, 0.2) is 24.3 Å². The number of para-hydroxylation sites is 1. The molecule has 1 aromatic carbocycles. The molecule has 2 atom stereocenters. The van der Waals surface area contributed by atoms with E-state index in [-0.39, 0.29) is 6.03 Å². The van der Waals surface area contributed by atoms with Crippen molar-refractivity contribution < 1.29 is 4.79 Å². The second kappa shape index (κ2) is 7.36. The Balaban J connectivity index is 1.61. The maximum absolute atomic E-state index is 12.1. The molecule has 0 saturated carbocycles. The number of carbonyl (C=O) groups is 1. The van der Waals surface area contributed by atoms with Crippen molar-refractivity contribution >= 4 is 44.9 Å². The van der Waals surface area contributed by atoms with Crippen molar-refractivity contribution in [2.45, 2.75) is 20.3 Å². The van der Waals surface area contributed by atoms with Crippen molar-refractivity contribution in [1.82, 2.24) is 10.2 Å². The van der Waals surface area contributed by atoms with E-state index in [9.17, 15) is 4.79 Å². The summed E-state index contributed by atoms with van der Waals surface area (Å²) in [5.41, 5.74) is 0.556. The van der Waals surface area contributed by atoms with Gasteiger partial charge in [-0.1, -0.05) is 48.9 Å². The number of aromatic nitrogens is 2. The second-order valence-electron chi connectivity index (χ2n) is 6.30. The highest BCUT2D eigenvalue weighted by Gasteiger charge is 2.24. The van der Waals surface area contributed by atoms with Gasteiger partial charge in [-0.05, 0) is 30.4 Å². The Morgan fingerprint density at radius 1 is 1.21 bits per heavy atom. The topological polar surface area (TPSA) is 70.2 Å². The van der Waals surface area contributed by atoms with Crippen molar-refractivity contribution in [3.63, 3.8) is 0 Å². The SMILES string of the molecule is C[C@H]1C[C@H](C)CN(c2nnc(NC(=O)Nc3ccccc3Cl)s2)C1. The Morgan fingerprint density at radius 3 is 2.62 bits per heavy atom. The second-order valence-corrected chi connectivity index (χ2v) is 7.66. The monoisotopic (exact) mass is 365 g/mol. The van der Waals surface area contributed by atoms with E-state index < -0.39 is 0 Å². The molecule has 1 fully saturated rings. The number of carbonyl (C=O) groups excluding carboxylic acids is 1. The maximum Gasteiger partial charge on any atom is 0.325 e. The van der Waals surface area contributed by atoms with E-state index in [2.05, 4.69) is 39.6 Å². The largest absolute Gasteiger partial charge is 0.346 e. The van der Waals surface area contributed by atoms with Gasteiger partial charge in [0.05, 0.1) is 10.7 Å². The van der Waals surface area contributed by atoms with Gasteiger partial charge in [-0.3, -0.25) is 5.32 Å². The molecule has 128 valence electrons. The van der Waals surface area contributed by atoms with Crippen LogP contribution in [0, 0.1) is 11.8 Å². The molecule has 6 nitrogen and oxygen atoms in total. The number of nitrogens with zero attached hydrogens (tertiary/aromatic N) is 3. The lowest BCUT2D eigenvalue weighted by molar-refractivity contribution is 0.262. The molecule has 2 N–H and O–H groups in total. The van der Waals surface area contributed by atoms with Gasteiger partial charge in [-0.15, -0.1) is 10.2 Å². The molecular formula is C16H20ClN5OS. The van der Waals surface area contributed by atoms with Gasteiger partial charge in [0.25, 0.3) is 0 Å². The summed E-state index contributed by atoms with van der Waals surface area (Å²) in [7, 11) is 0. The molecule has 2 amide bonds. The van der Waals surface area contributed by atoms with Crippen molar-refractivity contribution in [3.8, 4) is 0 Å². The molecule has 0 bridgehead atoms. The summed E-state index contributed by atoms with van der Waals surface area (Å²) >= 11 is 7.42. The molecule has 3 rings (SSSR count). The number of urea groups is 1. The van der Waals surface area contributed by atoms with Crippen LogP contribution in [0.2, 0.25) is 5.02 Å². The zero-order chi connectivity index (χ0) is 17.1. The van der Waals surface area contributed by atoms with E-state index in [1.54, 1.807) is 12.1 Å². The molecule has 1 aliphatic heterocycles. The van der Waals surface area contributed by atoms with Gasteiger partial charge >= 0.3 is 6.03 Å². The Hall–Kier alpha value is -1.86. The van der Waals surface area contributed by atoms with Crippen LogP contribution in [-0.4, -0.2) is 29.3 Å². The van der Waals surface area contributed by atoms with Gasteiger partial charge in [0, 0.05) is 13.1 Å². The van der Waals surface area contributed by atoms with Crippen LogP contribution in [0.3, 0.4) is 0 Å². The number of hydrogen-bond acceptors (Lipinski definition) is 5. The van der Waals surface area contributed by atoms with Gasteiger partial charge < -0.3 is 10.2 Å². The van der Waals surface area contributed by atoms with Crippen LogP contribution in [0.25, 0.3) is 0 Å². The standard InChI is InChI=1S/C16H20ClN5OS/c1-10-7-11(2)9-22(8-10)16-21-20-15(24-16)19-14(23)18-13-6-4-3-5-12(13)17/h3-6,10-11H,7-9H2,1-2H3,(H2,18,19,20,23)/t10-,11-/m0/s1. The van der Waals surface area contributed by atoms with Crippen molar-refractivity contribution in [3.05, 3.63) is 29.3 Å². The zero-order valence-electron chi connectivity index (χ0n) is 13.6. The lowest BCUT2D eigenvalue weighted by Gasteiger charge is -2.34. The van der Waals surface area contributed by atoms with E-state index >= 15 is 0 Å². The smallest absolute Gasteiger partial charge is 0.325 e. The van der Waals surface area contributed by atoms with Crippen LogP contribution in [0.1, 0.15) is 20.3 Å². The minimum Gasteiger partial charge on any atom is -0.346 e. The van der Waals surface area contributed by atoms with E-state index in [1.165, 1.54) is 17.8 Å². The first-order valence-corrected chi connectivity index (χ1v) is 9.11. The number of hydrogen-bond donors (Lipinski definition) is 2. The number of amides is 2. The molecule has 2 aromatic rings. The minimum absolute atomic E-state index is 0.383.